The van der Waals surface area contributed by atoms with Gasteiger partial charge in [-0.1, -0.05) is 6.07 Å². The summed E-state index contributed by atoms with van der Waals surface area (Å²) in [4.78, 5) is 29.0. The molecule has 1 N–H and O–H groups in total. The van der Waals surface area contributed by atoms with Gasteiger partial charge in [0.2, 0.25) is 11.8 Å². The molecule has 2 aromatic carbocycles. The normalized spacial score (nSPS) is 19.8. The van der Waals surface area contributed by atoms with Gasteiger partial charge in [0, 0.05) is 32.0 Å². The fourth-order valence-electron chi connectivity index (χ4n) is 5.12. The first-order valence-corrected chi connectivity index (χ1v) is 12.7. The molecule has 40 heavy (non-hydrogen) atoms. The van der Waals surface area contributed by atoms with Gasteiger partial charge in [-0.3, -0.25) is 9.59 Å². The largest absolute Gasteiger partial charge is 0.416 e. The van der Waals surface area contributed by atoms with E-state index in [1.807, 2.05) is 0 Å². The van der Waals surface area contributed by atoms with Crippen LogP contribution in [0.4, 0.5) is 30.7 Å². The van der Waals surface area contributed by atoms with Crippen LogP contribution in [0.25, 0.3) is 0 Å². The SMILES string of the molecule is Cc1cc(F)ccc1[C@H]1CN(C(=O)C[C@H](C)O)CC[C@@H]1C(=O)N(C)[C@@H](C)c1cc(C(F)(F)F)cc(C(F)(F)F)c1. The van der Waals surface area contributed by atoms with Crippen molar-refractivity contribution in [3.63, 3.8) is 0 Å². The van der Waals surface area contributed by atoms with E-state index in [4.69, 9.17) is 0 Å². The third kappa shape index (κ3) is 7.13. The van der Waals surface area contributed by atoms with Crippen molar-refractivity contribution in [3.8, 4) is 0 Å². The van der Waals surface area contributed by atoms with E-state index in [-0.39, 0.29) is 43.5 Å². The average Bonchev–Trinajstić information content (AvgIpc) is 2.85. The maximum absolute atomic E-state index is 13.8. The fraction of sp³-hybridized carbons (Fsp3) is 0.500. The summed E-state index contributed by atoms with van der Waals surface area (Å²) >= 11 is 0. The van der Waals surface area contributed by atoms with Crippen molar-refractivity contribution in [1.82, 2.24) is 9.80 Å². The van der Waals surface area contributed by atoms with Crippen LogP contribution in [0.15, 0.2) is 36.4 Å². The monoisotopic (exact) mass is 576 g/mol. The number of alkyl halides is 6. The van der Waals surface area contributed by atoms with Crippen LogP contribution in [0.5, 0.6) is 0 Å². The van der Waals surface area contributed by atoms with Crippen LogP contribution >= 0.6 is 0 Å². The highest BCUT2D eigenvalue weighted by Gasteiger charge is 2.41. The molecule has 1 fully saturated rings. The second-order valence-corrected chi connectivity index (χ2v) is 10.4. The molecule has 5 nitrogen and oxygen atoms in total. The highest BCUT2D eigenvalue weighted by molar-refractivity contribution is 5.82. The van der Waals surface area contributed by atoms with Crippen LogP contribution in [0.1, 0.15) is 66.5 Å². The number of likely N-dealkylation sites (tertiary alicyclic amines) is 1. The molecular formula is C28H31F7N2O3. The zero-order valence-electron chi connectivity index (χ0n) is 22.4. The number of amides is 2. The Balaban J connectivity index is 1.97. The van der Waals surface area contributed by atoms with E-state index in [1.54, 1.807) is 6.92 Å². The topological polar surface area (TPSA) is 60.9 Å². The van der Waals surface area contributed by atoms with Gasteiger partial charge in [-0.25, -0.2) is 4.39 Å². The van der Waals surface area contributed by atoms with Gasteiger partial charge < -0.3 is 14.9 Å². The molecule has 0 unspecified atom stereocenters. The van der Waals surface area contributed by atoms with Crippen LogP contribution in [0, 0.1) is 18.7 Å². The Morgan fingerprint density at radius 2 is 1.60 bits per heavy atom. The summed E-state index contributed by atoms with van der Waals surface area (Å²) in [6.07, 6.45) is -10.9. The standard InChI is InChI=1S/C28H31F7N2O3/c1-15-9-21(29)5-6-22(15)24-14-37(25(39)10-16(2)38)8-7-23(24)26(40)36(4)17(3)18-11-19(27(30,31)32)13-20(12-18)28(33,34)35/h5-6,9,11-13,16-17,23-24,38H,7-8,10,14H2,1-4H3/t16-,17-,23-,24+/m0/s1. The van der Waals surface area contributed by atoms with Gasteiger partial charge >= 0.3 is 12.4 Å². The number of hydrogen-bond donors (Lipinski definition) is 1. The average molecular weight is 577 g/mol. The molecule has 3 rings (SSSR count). The van der Waals surface area contributed by atoms with Crippen molar-refractivity contribution >= 4 is 11.8 Å². The summed E-state index contributed by atoms with van der Waals surface area (Å²) in [5, 5.41) is 9.64. The summed E-state index contributed by atoms with van der Waals surface area (Å²) in [5.74, 6) is -2.79. The number of aliphatic hydroxyl groups is 1. The van der Waals surface area contributed by atoms with Gasteiger partial charge in [-0.2, -0.15) is 26.3 Å². The van der Waals surface area contributed by atoms with Crippen LogP contribution in [0.3, 0.4) is 0 Å². The molecule has 4 atom stereocenters. The Kier molecular flexibility index (Phi) is 9.22. The number of hydrogen-bond acceptors (Lipinski definition) is 3. The van der Waals surface area contributed by atoms with E-state index < -0.39 is 59.2 Å². The molecule has 0 spiro atoms. The van der Waals surface area contributed by atoms with E-state index in [9.17, 15) is 45.4 Å². The van der Waals surface area contributed by atoms with Crippen molar-refractivity contribution in [3.05, 3.63) is 70.0 Å². The molecule has 0 radical (unpaired) electrons. The van der Waals surface area contributed by atoms with E-state index in [0.29, 0.717) is 23.3 Å². The molecule has 1 aliphatic rings. The molecule has 220 valence electrons. The number of piperidine rings is 1. The van der Waals surface area contributed by atoms with Crippen LogP contribution in [0.2, 0.25) is 0 Å². The van der Waals surface area contributed by atoms with E-state index in [0.717, 1.165) is 4.90 Å². The van der Waals surface area contributed by atoms with Crippen LogP contribution in [-0.4, -0.2) is 53.0 Å². The Morgan fingerprint density at radius 1 is 1.02 bits per heavy atom. The Bertz CT molecular complexity index is 1210. The molecule has 0 bridgehead atoms. The summed E-state index contributed by atoms with van der Waals surface area (Å²) < 4.78 is 94.3. The van der Waals surface area contributed by atoms with Crippen molar-refractivity contribution in [2.45, 2.75) is 64.0 Å². The minimum absolute atomic E-state index is 0.0331. The second-order valence-electron chi connectivity index (χ2n) is 10.4. The summed E-state index contributed by atoms with van der Waals surface area (Å²) in [6, 6.07) is 4.08. The highest BCUT2D eigenvalue weighted by atomic mass is 19.4. The predicted molar refractivity (Wildman–Crippen MR) is 132 cm³/mol. The zero-order chi connectivity index (χ0) is 30.2. The predicted octanol–water partition coefficient (Wildman–Crippen LogP) is 6.09. The maximum atomic E-state index is 13.8. The minimum Gasteiger partial charge on any atom is -0.393 e. The summed E-state index contributed by atoms with van der Waals surface area (Å²) in [7, 11) is 1.31. The van der Waals surface area contributed by atoms with Crippen LogP contribution < -0.4 is 0 Å². The summed E-state index contributed by atoms with van der Waals surface area (Å²) in [6.45, 7) is 4.67. The van der Waals surface area contributed by atoms with Crippen molar-refractivity contribution in [1.29, 1.82) is 0 Å². The van der Waals surface area contributed by atoms with Crippen molar-refractivity contribution in [2.75, 3.05) is 20.1 Å². The first kappa shape index (κ1) is 31.4. The number of aryl methyl sites for hydroxylation is 1. The third-order valence-electron chi connectivity index (χ3n) is 7.41. The van der Waals surface area contributed by atoms with Crippen molar-refractivity contribution in [2.24, 2.45) is 5.92 Å². The number of benzene rings is 2. The molecule has 0 aromatic heterocycles. The van der Waals surface area contributed by atoms with E-state index >= 15 is 0 Å². The van der Waals surface area contributed by atoms with Gasteiger partial charge in [-0.15, -0.1) is 0 Å². The first-order chi connectivity index (χ1) is 18.4. The number of halogens is 7. The lowest BCUT2D eigenvalue weighted by atomic mass is 9.78. The lowest BCUT2D eigenvalue weighted by Gasteiger charge is -2.41. The molecule has 1 saturated heterocycles. The smallest absolute Gasteiger partial charge is 0.393 e. The second kappa shape index (κ2) is 11.8. The minimum atomic E-state index is -5.03. The lowest BCUT2D eigenvalue weighted by molar-refractivity contribution is -0.144. The fourth-order valence-corrected chi connectivity index (χ4v) is 5.12. The van der Waals surface area contributed by atoms with Gasteiger partial charge in [0.15, 0.2) is 0 Å². The van der Waals surface area contributed by atoms with Gasteiger partial charge in [0.25, 0.3) is 0 Å². The van der Waals surface area contributed by atoms with E-state index in [1.165, 1.54) is 44.0 Å². The number of aliphatic hydroxyl groups excluding tert-OH is 1. The summed E-state index contributed by atoms with van der Waals surface area (Å²) in [5.41, 5.74) is -2.17. The number of rotatable bonds is 6. The maximum Gasteiger partial charge on any atom is 0.416 e. The first-order valence-electron chi connectivity index (χ1n) is 12.7. The van der Waals surface area contributed by atoms with Crippen LogP contribution in [-0.2, 0) is 21.9 Å². The van der Waals surface area contributed by atoms with E-state index in [2.05, 4.69) is 0 Å². The molecular weight excluding hydrogens is 545 g/mol. The third-order valence-corrected chi connectivity index (χ3v) is 7.41. The number of carbonyl (C=O) groups excluding carboxylic acids is 2. The number of nitrogens with zero attached hydrogens (tertiary/aromatic N) is 2. The molecule has 1 heterocycles. The Labute approximate surface area is 227 Å². The highest BCUT2D eigenvalue weighted by Crippen LogP contribution is 2.40. The Hall–Kier alpha value is -3.15. The number of carbonyl (C=O) groups is 2. The Morgan fingerprint density at radius 3 is 2.10 bits per heavy atom. The van der Waals surface area contributed by atoms with Crippen molar-refractivity contribution < 1.29 is 45.4 Å². The molecule has 0 aliphatic carbocycles. The molecule has 2 amide bonds. The van der Waals surface area contributed by atoms with Gasteiger partial charge in [0.05, 0.1) is 29.7 Å². The van der Waals surface area contributed by atoms with Gasteiger partial charge in [-0.05, 0) is 74.2 Å². The molecule has 12 heteroatoms. The molecule has 0 saturated carbocycles. The quantitative estimate of drug-likeness (QED) is 0.424. The molecule has 1 aliphatic heterocycles. The van der Waals surface area contributed by atoms with Gasteiger partial charge in [0.1, 0.15) is 5.82 Å². The zero-order valence-corrected chi connectivity index (χ0v) is 22.4. The molecule has 2 aromatic rings. The lowest BCUT2D eigenvalue weighted by Crippen LogP contribution is -2.48.